The van der Waals surface area contributed by atoms with Crippen LogP contribution in [-0.2, 0) is 0 Å². The first-order valence-corrected chi connectivity index (χ1v) is 24.1. The lowest BCUT2D eigenvalue weighted by Gasteiger charge is -2.27. The van der Waals surface area contributed by atoms with Crippen molar-refractivity contribution >= 4 is 60.4 Å². The highest BCUT2D eigenvalue weighted by atomic mass is 15.1. The lowest BCUT2D eigenvalue weighted by atomic mass is 9.93. The van der Waals surface area contributed by atoms with Crippen molar-refractivity contribution in [3.63, 3.8) is 0 Å². The Balaban J connectivity index is 1.01. The van der Waals surface area contributed by atoms with Gasteiger partial charge in [-0.3, -0.25) is 0 Å². The zero-order valence-electron chi connectivity index (χ0n) is 38.5. The number of rotatable bonds is 9. The van der Waals surface area contributed by atoms with Gasteiger partial charge in [-0.25, -0.2) is 0 Å². The smallest absolute Gasteiger partial charge is 0.0553 e. The number of para-hydroxylation sites is 1. The topological polar surface area (TPSA) is 8.17 Å². The molecule has 0 amide bonds. The summed E-state index contributed by atoms with van der Waals surface area (Å²) < 4.78 is 2.46. The molecule has 0 bridgehead atoms. The van der Waals surface area contributed by atoms with E-state index >= 15 is 0 Å². The van der Waals surface area contributed by atoms with E-state index in [4.69, 9.17) is 0 Å². The predicted octanol–water partition coefficient (Wildman–Crippen LogP) is 18.9. The summed E-state index contributed by atoms with van der Waals surface area (Å²) in [5.41, 5.74) is 18.6. The second-order valence-electron chi connectivity index (χ2n) is 18.1. The van der Waals surface area contributed by atoms with Crippen molar-refractivity contribution in [2.24, 2.45) is 0 Å². The molecule has 0 atom stereocenters. The average Bonchev–Trinajstić information content (AvgIpc) is 3.77. The van der Waals surface area contributed by atoms with E-state index in [1.165, 1.54) is 87.9 Å². The molecule has 0 unspecified atom stereocenters. The summed E-state index contributed by atoms with van der Waals surface area (Å²) in [6.45, 7) is 0. The maximum Gasteiger partial charge on any atom is 0.0553 e. The van der Waals surface area contributed by atoms with Crippen LogP contribution in [0.2, 0.25) is 0 Å². The van der Waals surface area contributed by atoms with Crippen molar-refractivity contribution in [3.05, 3.63) is 279 Å². The monoisotopic (exact) mass is 890 g/mol. The van der Waals surface area contributed by atoms with E-state index in [2.05, 4.69) is 289 Å². The minimum absolute atomic E-state index is 1.07. The van der Waals surface area contributed by atoms with Crippen molar-refractivity contribution in [2.45, 2.75) is 0 Å². The standard InChI is InChI=1S/C68H46N2/c1-4-17-47(18-5-1)53-37-42-64-66(45-53)70(56-26-8-3-9-27-56)67-46-55(48-19-6-2-7-20-48)44-65(68(64)67)54-25-14-28-59(43-54)69(57-38-33-51(34-39-57)62-31-15-23-49-21-10-12-29-60(49)62)58-40-35-52(36-41-58)63-32-16-24-50-22-11-13-30-61(50)63/h1-46H. The normalized spacial score (nSPS) is 11.4. The minimum Gasteiger partial charge on any atom is -0.310 e. The van der Waals surface area contributed by atoms with Crippen LogP contribution in [-0.4, -0.2) is 4.57 Å². The van der Waals surface area contributed by atoms with Crippen LogP contribution < -0.4 is 4.90 Å². The van der Waals surface area contributed by atoms with E-state index in [0.29, 0.717) is 0 Å². The highest BCUT2D eigenvalue weighted by molar-refractivity contribution is 6.18. The number of anilines is 3. The second kappa shape index (κ2) is 17.4. The molecule has 0 saturated carbocycles. The molecule has 2 heteroatoms. The van der Waals surface area contributed by atoms with Gasteiger partial charge in [-0.05, 0) is 144 Å². The molecule has 1 heterocycles. The number of fused-ring (bicyclic) bond motifs is 5. The van der Waals surface area contributed by atoms with E-state index in [-0.39, 0.29) is 0 Å². The molecule has 0 N–H and O–H groups in total. The lowest BCUT2D eigenvalue weighted by Crippen LogP contribution is -2.10. The SMILES string of the molecule is c1ccc(-c2ccc3c4c(-c5cccc(N(c6ccc(-c7cccc8ccccc78)cc6)c6ccc(-c7cccc8ccccc78)cc6)c5)cc(-c5ccccc5)cc4n(-c4ccccc4)c3c2)cc1. The third kappa shape index (κ3) is 7.31. The van der Waals surface area contributed by atoms with Gasteiger partial charge in [0.05, 0.1) is 11.0 Å². The van der Waals surface area contributed by atoms with Gasteiger partial charge >= 0.3 is 0 Å². The van der Waals surface area contributed by atoms with Crippen LogP contribution in [0, 0.1) is 0 Å². The Morgan fingerprint density at radius 2 is 0.714 bits per heavy atom. The fraction of sp³-hybridized carbons (Fsp3) is 0. The molecule has 0 radical (unpaired) electrons. The Labute approximate surface area is 408 Å². The first-order valence-electron chi connectivity index (χ1n) is 24.1. The van der Waals surface area contributed by atoms with Crippen LogP contribution in [0.3, 0.4) is 0 Å². The third-order valence-corrected chi connectivity index (χ3v) is 14.0. The van der Waals surface area contributed by atoms with Crippen molar-refractivity contribution < 1.29 is 0 Å². The van der Waals surface area contributed by atoms with Gasteiger partial charge in [-0.1, -0.05) is 212 Å². The van der Waals surface area contributed by atoms with E-state index in [1.54, 1.807) is 0 Å². The Hall–Kier alpha value is -9.24. The van der Waals surface area contributed by atoms with Gasteiger partial charge in [0.15, 0.2) is 0 Å². The Morgan fingerprint density at radius 1 is 0.243 bits per heavy atom. The molecule has 0 fully saturated rings. The van der Waals surface area contributed by atoms with Crippen molar-refractivity contribution in [1.29, 1.82) is 0 Å². The minimum atomic E-state index is 1.07. The second-order valence-corrected chi connectivity index (χ2v) is 18.1. The number of benzene rings is 12. The maximum absolute atomic E-state index is 2.46. The number of hydrogen-bond acceptors (Lipinski definition) is 1. The number of hydrogen-bond donors (Lipinski definition) is 0. The molecule has 0 aliphatic carbocycles. The van der Waals surface area contributed by atoms with Crippen LogP contribution in [0.25, 0.3) is 105 Å². The van der Waals surface area contributed by atoms with Gasteiger partial charge in [0.2, 0.25) is 0 Å². The molecule has 0 aliphatic rings. The molecule has 0 saturated heterocycles. The Morgan fingerprint density at radius 3 is 1.31 bits per heavy atom. The molecule has 70 heavy (non-hydrogen) atoms. The molecule has 1 aromatic heterocycles. The van der Waals surface area contributed by atoms with E-state index < -0.39 is 0 Å². The fourth-order valence-corrected chi connectivity index (χ4v) is 10.6. The molecular formula is C68H46N2. The van der Waals surface area contributed by atoms with E-state index in [1.807, 2.05) is 0 Å². The van der Waals surface area contributed by atoms with Gasteiger partial charge < -0.3 is 9.47 Å². The third-order valence-electron chi connectivity index (χ3n) is 14.0. The summed E-state index contributed by atoms with van der Waals surface area (Å²) in [5.74, 6) is 0. The van der Waals surface area contributed by atoms with Gasteiger partial charge in [-0.15, -0.1) is 0 Å². The van der Waals surface area contributed by atoms with Crippen LogP contribution in [0.4, 0.5) is 17.1 Å². The molecule has 0 aliphatic heterocycles. The molecule has 12 aromatic carbocycles. The predicted molar refractivity (Wildman–Crippen MR) is 298 cm³/mol. The maximum atomic E-state index is 2.46. The van der Waals surface area contributed by atoms with Crippen LogP contribution in [0.5, 0.6) is 0 Å². The Bertz CT molecular complexity index is 3890. The number of aromatic nitrogens is 1. The molecule has 13 aromatic rings. The highest BCUT2D eigenvalue weighted by Crippen LogP contribution is 2.45. The molecule has 13 rings (SSSR count). The largest absolute Gasteiger partial charge is 0.310 e. The summed E-state index contributed by atoms with van der Waals surface area (Å²) >= 11 is 0. The van der Waals surface area contributed by atoms with Crippen LogP contribution in [0.1, 0.15) is 0 Å². The van der Waals surface area contributed by atoms with E-state index in [9.17, 15) is 0 Å². The summed E-state index contributed by atoms with van der Waals surface area (Å²) in [4.78, 5) is 2.40. The zero-order chi connectivity index (χ0) is 46.4. The average molecular weight is 891 g/mol. The molecule has 2 nitrogen and oxygen atoms in total. The quantitative estimate of drug-likeness (QED) is 0.140. The molecular weight excluding hydrogens is 845 g/mol. The van der Waals surface area contributed by atoms with Crippen molar-refractivity contribution in [2.75, 3.05) is 4.90 Å². The highest BCUT2D eigenvalue weighted by Gasteiger charge is 2.21. The van der Waals surface area contributed by atoms with Gasteiger partial charge in [0.25, 0.3) is 0 Å². The molecule has 328 valence electrons. The summed E-state index contributed by atoms with van der Waals surface area (Å²) in [5, 5.41) is 7.41. The summed E-state index contributed by atoms with van der Waals surface area (Å²) in [6.07, 6.45) is 0. The first kappa shape index (κ1) is 41.0. The van der Waals surface area contributed by atoms with Crippen molar-refractivity contribution in [1.82, 2.24) is 4.57 Å². The number of nitrogens with zero attached hydrogens (tertiary/aromatic N) is 2. The molecule has 0 spiro atoms. The van der Waals surface area contributed by atoms with Gasteiger partial charge in [-0.2, -0.15) is 0 Å². The fourth-order valence-electron chi connectivity index (χ4n) is 10.6. The summed E-state index contributed by atoms with van der Waals surface area (Å²) in [6, 6.07) is 102. The first-order chi connectivity index (χ1) is 34.7. The Kier molecular flexibility index (Phi) is 10.2. The van der Waals surface area contributed by atoms with Crippen LogP contribution in [0.15, 0.2) is 279 Å². The lowest BCUT2D eigenvalue weighted by molar-refractivity contribution is 1.18. The van der Waals surface area contributed by atoms with E-state index in [0.717, 1.165) is 33.8 Å². The van der Waals surface area contributed by atoms with Gasteiger partial charge in [0.1, 0.15) is 0 Å². The zero-order valence-corrected chi connectivity index (χ0v) is 38.5. The van der Waals surface area contributed by atoms with Crippen molar-refractivity contribution in [3.8, 4) is 61.3 Å². The van der Waals surface area contributed by atoms with Crippen LogP contribution >= 0.6 is 0 Å². The van der Waals surface area contributed by atoms with Gasteiger partial charge in [0, 0.05) is 33.5 Å². The summed E-state index contributed by atoms with van der Waals surface area (Å²) in [7, 11) is 0.